The number of ether oxygens (including phenoxy) is 2. The zero-order chi connectivity index (χ0) is 15.7. The Balaban J connectivity index is 1.92. The monoisotopic (exact) mass is 345 g/mol. The van der Waals surface area contributed by atoms with Crippen LogP contribution in [-0.2, 0) is 14.8 Å². The largest absolute Gasteiger partial charge is 0.495 e. The number of rotatable bonds is 3. The van der Waals surface area contributed by atoms with Gasteiger partial charge in [0.1, 0.15) is 5.75 Å². The van der Waals surface area contributed by atoms with Gasteiger partial charge in [-0.25, -0.2) is 8.42 Å². The molecule has 1 aromatic carbocycles. The van der Waals surface area contributed by atoms with Crippen molar-refractivity contribution in [2.24, 2.45) is 0 Å². The van der Waals surface area contributed by atoms with Crippen molar-refractivity contribution in [1.29, 1.82) is 0 Å². The minimum atomic E-state index is -3.57. The standard InChI is InChI=1S/C15H20ClNO4S/c1-20-14-7-6-11(10-12(14)16)22(18,19)17-8-9-21-15-5-3-2-4-13(15)17/h6-7,10,13,15H,2-5,8-9H2,1H3. The minimum Gasteiger partial charge on any atom is -0.495 e. The molecule has 1 aromatic rings. The van der Waals surface area contributed by atoms with Crippen LogP contribution in [0.5, 0.6) is 5.75 Å². The van der Waals surface area contributed by atoms with Gasteiger partial charge in [0.15, 0.2) is 0 Å². The van der Waals surface area contributed by atoms with Crippen molar-refractivity contribution in [3.63, 3.8) is 0 Å². The van der Waals surface area contributed by atoms with Gasteiger partial charge in [-0.15, -0.1) is 0 Å². The first kappa shape index (κ1) is 16.1. The number of methoxy groups -OCH3 is 1. The third-order valence-corrected chi connectivity index (χ3v) is 6.63. The van der Waals surface area contributed by atoms with Crippen LogP contribution in [-0.4, -0.2) is 45.1 Å². The Kier molecular flexibility index (Phi) is 4.64. The van der Waals surface area contributed by atoms with Gasteiger partial charge in [0, 0.05) is 6.54 Å². The van der Waals surface area contributed by atoms with Crippen LogP contribution in [0.1, 0.15) is 25.7 Å². The number of hydrogen-bond donors (Lipinski definition) is 0. The molecule has 2 aliphatic rings. The predicted octanol–water partition coefficient (Wildman–Crippen LogP) is 2.68. The SMILES string of the molecule is COc1ccc(S(=O)(=O)N2CCOC3CCCCC32)cc1Cl. The van der Waals surface area contributed by atoms with Gasteiger partial charge in [-0.3, -0.25) is 0 Å². The molecule has 2 fully saturated rings. The normalized spacial score (nSPS) is 26.5. The van der Waals surface area contributed by atoms with Crippen LogP contribution in [0.4, 0.5) is 0 Å². The smallest absolute Gasteiger partial charge is 0.243 e. The summed E-state index contributed by atoms with van der Waals surface area (Å²) < 4.78 is 38.4. The molecule has 1 aliphatic heterocycles. The number of nitrogens with zero attached hydrogens (tertiary/aromatic N) is 1. The van der Waals surface area contributed by atoms with Crippen molar-refractivity contribution >= 4 is 21.6 Å². The van der Waals surface area contributed by atoms with E-state index in [0.29, 0.717) is 23.9 Å². The number of benzene rings is 1. The Morgan fingerprint density at radius 2 is 2.09 bits per heavy atom. The number of hydrogen-bond acceptors (Lipinski definition) is 4. The number of morpholine rings is 1. The average molecular weight is 346 g/mol. The molecule has 2 unspecified atom stereocenters. The maximum absolute atomic E-state index is 13.0. The first-order valence-electron chi connectivity index (χ1n) is 7.51. The fraction of sp³-hybridized carbons (Fsp3) is 0.600. The molecule has 7 heteroatoms. The third-order valence-electron chi connectivity index (χ3n) is 4.41. The van der Waals surface area contributed by atoms with E-state index in [4.69, 9.17) is 21.1 Å². The summed E-state index contributed by atoms with van der Waals surface area (Å²) in [4.78, 5) is 0.213. The number of fused-ring (bicyclic) bond motifs is 1. The van der Waals surface area contributed by atoms with Crippen LogP contribution in [0.3, 0.4) is 0 Å². The Morgan fingerprint density at radius 1 is 1.32 bits per heavy atom. The summed E-state index contributed by atoms with van der Waals surface area (Å²) in [5.74, 6) is 0.470. The molecule has 0 bridgehead atoms. The lowest BCUT2D eigenvalue weighted by Gasteiger charge is -2.42. The quantitative estimate of drug-likeness (QED) is 0.845. The van der Waals surface area contributed by atoms with E-state index in [2.05, 4.69) is 0 Å². The van der Waals surface area contributed by atoms with Gasteiger partial charge in [-0.2, -0.15) is 4.31 Å². The molecule has 1 aliphatic carbocycles. The summed E-state index contributed by atoms with van der Waals surface area (Å²) in [6, 6.07) is 4.54. The molecule has 1 heterocycles. The van der Waals surface area contributed by atoms with E-state index >= 15 is 0 Å². The van der Waals surface area contributed by atoms with Crippen molar-refractivity contribution in [3.05, 3.63) is 23.2 Å². The summed E-state index contributed by atoms with van der Waals surface area (Å²) in [5, 5.41) is 0.303. The van der Waals surface area contributed by atoms with Crippen molar-refractivity contribution in [2.45, 2.75) is 42.7 Å². The molecule has 3 rings (SSSR count). The van der Waals surface area contributed by atoms with E-state index in [9.17, 15) is 8.42 Å². The van der Waals surface area contributed by atoms with Crippen LogP contribution in [0.15, 0.2) is 23.1 Å². The second-order valence-corrected chi connectivity index (χ2v) is 7.97. The fourth-order valence-corrected chi connectivity index (χ4v) is 5.31. The van der Waals surface area contributed by atoms with Gasteiger partial charge in [0.05, 0.1) is 35.8 Å². The zero-order valence-corrected chi connectivity index (χ0v) is 14.1. The van der Waals surface area contributed by atoms with Gasteiger partial charge in [0.2, 0.25) is 10.0 Å². The lowest BCUT2D eigenvalue weighted by atomic mass is 9.91. The predicted molar refractivity (Wildman–Crippen MR) is 83.9 cm³/mol. The molecule has 2 atom stereocenters. The lowest BCUT2D eigenvalue weighted by molar-refractivity contribution is -0.0586. The summed E-state index contributed by atoms with van der Waals surface area (Å²) >= 11 is 6.08. The van der Waals surface area contributed by atoms with E-state index in [1.807, 2.05) is 0 Å². The van der Waals surface area contributed by atoms with Crippen LogP contribution in [0, 0.1) is 0 Å². The summed E-state index contributed by atoms with van der Waals surface area (Å²) in [5.41, 5.74) is 0. The average Bonchev–Trinajstić information content (AvgIpc) is 2.54. The highest BCUT2D eigenvalue weighted by Gasteiger charge is 2.40. The van der Waals surface area contributed by atoms with Crippen LogP contribution >= 0.6 is 11.6 Å². The Labute approximate surface area is 136 Å². The van der Waals surface area contributed by atoms with E-state index in [1.165, 1.54) is 13.2 Å². The van der Waals surface area contributed by atoms with E-state index < -0.39 is 10.0 Å². The Hall–Kier alpha value is -0.820. The van der Waals surface area contributed by atoms with Gasteiger partial charge >= 0.3 is 0 Å². The molecule has 1 saturated carbocycles. The topological polar surface area (TPSA) is 55.8 Å². The molecule has 1 saturated heterocycles. The molecule has 22 heavy (non-hydrogen) atoms. The summed E-state index contributed by atoms with van der Waals surface area (Å²) in [7, 11) is -2.06. The van der Waals surface area contributed by atoms with Crippen LogP contribution < -0.4 is 4.74 Å². The highest BCUT2D eigenvalue weighted by atomic mass is 35.5. The maximum Gasteiger partial charge on any atom is 0.243 e. The second kappa shape index (κ2) is 6.35. The van der Waals surface area contributed by atoms with E-state index in [1.54, 1.807) is 16.4 Å². The Bertz CT molecular complexity index is 647. The van der Waals surface area contributed by atoms with Crippen molar-refractivity contribution < 1.29 is 17.9 Å². The highest BCUT2D eigenvalue weighted by molar-refractivity contribution is 7.89. The Morgan fingerprint density at radius 3 is 2.82 bits per heavy atom. The van der Waals surface area contributed by atoms with Crippen molar-refractivity contribution in [2.75, 3.05) is 20.3 Å². The molecular formula is C15H20ClNO4S. The zero-order valence-electron chi connectivity index (χ0n) is 12.5. The summed E-state index contributed by atoms with van der Waals surface area (Å²) in [6.07, 6.45) is 3.95. The van der Waals surface area contributed by atoms with Gasteiger partial charge < -0.3 is 9.47 Å². The first-order valence-corrected chi connectivity index (χ1v) is 9.33. The molecule has 5 nitrogen and oxygen atoms in total. The van der Waals surface area contributed by atoms with Gasteiger partial charge in [-0.05, 0) is 31.0 Å². The maximum atomic E-state index is 13.0. The van der Waals surface area contributed by atoms with E-state index in [0.717, 1.165) is 25.7 Å². The second-order valence-electron chi connectivity index (χ2n) is 5.67. The molecule has 0 N–H and O–H groups in total. The molecule has 0 amide bonds. The first-order chi connectivity index (χ1) is 10.5. The van der Waals surface area contributed by atoms with Gasteiger partial charge in [-0.1, -0.05) is 24.4 Å². The van der Waals surface area contributed by atoms with Gasteiger partial charge in [0.25, 0.3) is 0 Å². The molecule has 0 spiro atoms. The lowest BCUT2D eigenvalue weighted by Crippen LogP contribution is -2.54. The summed E-state index contributed by atoms with van der Waals surface area (Å²) in [6.45, 7) is 0.845. The molecule has 0 radical (unpaired) electrons. The van der Waals surface area contributed by atoms with E-state index in [-0.39, 0.29) is 17.0 Å². The minimum absolute atomic E-state index is 0.0194. The highest BCUT2D eigenvalue weighted by Crippen LogP contribution is 2.34. The molecular weight excluding hydrogens is 326 g/mol. The number of halogens is 1. The van der Waals surface area contributed by atoms with Crippen LogP contribution in [0.25, 0.3) is 0 Å². The van der Waals surface area contributed by atoms with Crippen molar-refractivity contribution in [3.8, 4) is 5.75 Å². The van der Waals surface area contributed by atoms with Crippen LogP contribution in [0.2, 0.25) is 5.02 Å². The fourth-order valence-electron chi connectivity index (χ4n) is 3.30. The van der Waals surface area contributed by atoms with Crippen molar-refractivity contribution in [1.82, 2.24) is 4.31 Å². The third kappa shape index (κ3) is 2.85. The number of sulfonamides is 1. The molecule has 122 valence electrons. The molecule has 0 aromatic heterocycles.